The summed E-state index contributed by atoms with van der Waals surface area (Å²) in [5.41, 5.74) is 1.33. The molecule has 0 saturated carbocycles. The van der Waals surface area contributed by atoms with Crippen LogP contribution < -0.4 is 5.32 Å². The van der Waals surface area contributed by atoms with Crippen molar-refractivity contribution < 1.29 is 14.3 Å². The summed E-state index contributed by atoms with van der Waals surface area (Å²) in [6, 6.07) is 0.0284. The Kier molecular flexibility index (Phi) is 4.56. The lowest BCUT2D eigenvalue weighted by Gasteiger charge is -2.15. The van der Waals surface area contributed by atoms with Crippen molar-refractivity contribution in [2.45, 2.75) is 13.8 Å². The number of nitrogens with zero attached hydrogens (tertiary/aromatic N) is 1. The maximum absolute atomic E-state index is 11.0. The zero-order valence-corrected chi connectivity index (χ0v) is 10.1. The third kappa shape index (κ3) is 4.18. The van der Waals surface area contributed by atoms with Gasteiger partial charge in [-0.2, -0.15) is 0 Å². The normalized spacial score (nSPS) is 13.8. The molecule has 0 spiro atoms. The molecule has 1 aliphatic heterocycles. The highest BCUT2D eigenvalue weighted by Crippen LogP contribution is 2.03. The number of hydrogen-bond acceptors (Lipinski definition) is 5. The molecule has 0 amide bonds. The standard InChI is InChI=1S/C11H17N3O3/c1-8(2)10(15)16-4-5-17-11(12)14-6-9(3)13-7-14/h6,12-13H,1,4-5,7H2,2-3H3. The molecule has 0 radical (unpaired) electrons. The van der Waals surface area contributed by atoms with Gasteiger partial charge in [-0.1, -0.05) is 6.58 Å². The van der Waals surface area contributed by atoms with E-state index in [1.165, 1.54) is 0 Å². The van der Waals surface area contributed by atoms with E-state index < -0.39 is 5.97 Å². The summed E-state index contributed by atoms with van der Waals surface area (Å²) in [6.07, 6.45) is 1.78. The molecular weight excluding hydrogens is 222 g/mol. The molecule has 17 heavy (non-hydrogen) atoms. The van der Waals surface area contributed by atoms with Gasteiger partial charge in [0.2, 0.25) is 0 Å². The Morgan fingerprint density at radius 3 is 2.76 bits per heavy atom. The van der Waals surface area contributed by atoms with Crippen molar-refractivity contribution in [2.75, 3.05) is 19.9 Å². The Morgan fingerprint density at radius 2 is 2.24 bits per heavy atom. The summed E-state index contributed by atoms with van der Waals surface area (Å²) in [4.78, 5) is 12.6. The van der Waals surface area contributed by atoms with E-state index in [0.717, 1.165) is 5.70 Å². The van der Waals surface area contributed by atoms with Gasteiger partial charge in [-0.3, -0.25) is 10.3 Å². The zero-order valence-electron chi connectivity index (χ0n) is 10.1. The molecule has 0 atom stereocenters. The van der Waals surface area contributed by atoms with Gasteiger partial charge in [0.25, 0.3) is 6.02 Å². The highest BCUT2D eigenvalue weighted by Gasteiger charge is 2.13. The van der Waals surface area contributed by atoms with Crippen LogP contribution in [0.5, 0.6) is 0 Å². The second kappa shape index (κ2) is 5.93. The van der Waals surface area contributed by atoms with Crippen molar-refractivity contribution in [1.82, 2.24) is 10.2 Å². The number of amidine groups is 1. The predicted octanol–water partition coefficient (Wildman–Crippen LogP) is 0.781. The molecule has 94 valence electrons. The fourth-order valence-corrected chi connectivity index (χ4v) is 1.14. The summed E-state index contributed by atoms with van der Waals surface area (Å²) in [5.74, 6) is -0.446. The maximum Gasteiger partial charge on any atom is 0.333 e. The Labute approximate surface area is 100 Å². The van der Waals surface area contributed by atoms with Gasteiger partial charge in [0, 0.05) is 17.5 Å². The van der Waals surface area contributed by atoms with E-state index in [2.05, 4.69) is 11.9 Å². The minimum absolute atomic E-state index is 0.0284. The maximum atomic E-state index is 11.0. The summed E-state index contributed by atoms with van der Waals surface area (Å²) < 4.78 is 9.95. The first-order chi connectivity index (χ1) is 8.00. The average Bonchev–Trinajstić information content (AvgIpc) is 2.70. The van der Waals surface area contributed by atoms with Crippen LogP contribution in [0.3, 0.4) is 0 Å². The smallest absolute Gasteiger partial charge is 0.333 e. The molecule has 0 aromatic carbocycles. The highest BCUT2D eigenvalue weighted by molar-refractivity contribution is 5.86. The van der Waals surface area contributed by atoms with E-state index in [9.17, 15) is 4.79 Å². The molecule has 0 bridgehead atoms. The van der Waals surface area contributed by atoms with E-state index in [1.807, 2.05) is 6.92 Å². The van der Waals surface area contributed by atoms with Crippen molar-refractivity contribution in [3.8, 4) is 0 Å². The van der Waals surface area contributed by atoms with Crippen LogP contribution in [0, 0.1) is 5.41 Å². The van der Waals surface area contributed by atoms with E-state index in [-0.39, 0.29) is 19.2 Å². The van der Waals surface area contributed by atoms with E-state index in [4.69, 9.17) is 14.9 Å². The molecular formula is C11H17N3O3. The Morgan fingerprint density at radius 1 is 1.59 bits per heavy atom. The van der Waals surface area contributed by atoms with Crippen LogP contribution >= 0.6 is 0 Å². The van der Waals surface area contributed by atoms with Crippen LogP contribution in [-0.2, 0) is 14.3 Å². The summed E-state index contributed by atoms with van der Waals surface area (Å²) >= 11 is 0. The Balaban J connectivity index is 2.17. The van der Waals surface area contributed by atoms with E-state index in [1.54, 1.807) is 18.0 Å². The Bertz CT molecular complexity index is 363. The largest absolute Gasteiger partial charge is 0.461 e. The average molecular weight is 239 g/mol. The fourth-order valence-electron chi connectivity index (χ4n) is 1.14. The number of hydrogen-bond donors (Lipinski definition) is 2. The first-order valence-corrected chi connectivity index (χ1v) is 5.23. The number of carbonyl (C=O) groups excluding carboxylic acids is 1. The quantitative estimate of drug-likeness (QED) is 0.249. The topological polar surface area (TPSA) is 74.7 Å². The van der Waals surface area contributed by atoms with Gasteiger partial charge in [-0.05, 0) is 13.8 Å². The van der Waals surface area contributed by atoms with Crippen molar-refractivity contribution in [2.24, 2.45) is 0 Å². The van der Waals surface area contributed by atoms with Crippen LogP contribution in [0.2, 0.25) is 0 Å². The molecule has 1 rings (SSSR count). The molecule has 0 aromatic heterocycles. The summed E-state index contributed by atoms with van der Waals surface area (Å²) in [7, 11) is 0. The van der Waals surface area contributed by atoms with Crippen LogP contribution in [-0.4, -0.2) is 36.8 Å². The van der Waals surface area contributed by atoms with E-state index >= 15 is 0 Å². The minimum atomic E-state index is -0.446. The van der Waals surface area contributed by atoms with Crippen LogP contribution in [0.1, 0.15) is 13.8 Å². The van der Waals surface area contributed by atoms with Crippen molar-refractivity contribution in [3.05, 3.63) is 24.0 Å². The van der Waals surface area contributed by atoms with Gasteiger partial charge in [-0.15, -0.1) is 0 Å². The third-order valence-electron chi connectivity index (χ3n) is 2.04. The monoisotopic (exact) mass is 239 g/mol. The second-order valence-electron chi connectivity index (χ2n) is 3.69. The molecule has 0 saturated heterocycles. The number of allylic oxidation sites excluding steroid dienone is 1. The number of ether oxygens (including phenoxy) is 2. The van der Waals surface area contributed by atoms with Gasteiger partial charge in [0.15, 0.2) is 0 Å². The van der Waals surface area contributed by atoms with Crippen molar-refractivity contribution in [1.29, 1.82) is 5.41 Å². The van der Waals surface area contributed by atoms with Crippen molar-refractivity contribution in [3.63, 3.8) is 0 Å². The molecule has 1 aliphatic rings. The Hall–Kier alpha value is -1.98. The van der Waals surface area contributed by atoms with Crippen LogP contribution in [0.15, 0.2) is 24.0 Å². The first-order valence-electron chi connectivity index (χ1n) is 5.23. The van der Waals surface area contributed by atoms with Crippen LogP contribution in [0.4, 0.5) is 0 Å². The molecule has 0 aliphatic carbocycles. The minimum Gasteiger partial charge on any atom is -0.461 e. The van der Waals surface area contributed by atoms with Gasteiger partial charge in [0.05, 0.1) is 6.67 Å². The molecule has 2 N–H and O–H groups in total. The van der Waals surface area contributed by atoms with Gasteiger partial charge in [0.1, 0.15) is 13.2 Å². The number of nitrogens with one attached hydrogen (secondary N) is 2. The van der Waals surface area contributed by atoms with Gasteiger partial charge in [-0.25, -0.2) is 4.79 Å². The molecule has 0 unspecified atom stereocenters. The first kappa shape index (κ1) is 13.1. The lowest BCUT2D eigenvalue weighted by Crippen LogP contribution is -2.30. The molecule has 6 nitrogen and oxygen atoms in total. The molecule has 0 aromatic rings. The van der Waals surface area contributed by atoms with Gasteiger partial charge < -0.3 is 14.8 Å². The molecule has 6 heteroatoms. The lowest BCUT2D eigenvalue weighted by atomic mass is 10.4. The molecule has 1 heterocycles. The predicted molar refractivity (Wildman–Crippen MR) is 63.1 cm³/mol. The van der Waals surface area contributed by atoms with Crippen LogP contribution in [0.25, 0.3) is 0 Å². The number of esters is 1. The van der Waals surface area contributed by atoms with Gasteiger partial charge >= 0.3 is 5.97 Å². The lowest BCUT2D eigenvalue weighted by molar-refractivity contribution is -0.139. The zero-order chi connectivity index (χ0) is 12.8. The SMILES string of the molecule is C=C(C)C(=O)OCCOC(=N)N1C=C(C)NC1. The third-order valence-corrected chi connectivity index (χ3v) is 2.04. The highest BCUT2D eigenvalue weighted by atomic mass is 16.6. The fraction of sp³-hybridized carbons (Fsp3) is 0.455. The van der Waals surface area contributed by atoms with E-state index in [0.29, 0.717) is 12.2 Å². The second-order valence-corrected chi connectivity index (χ2v) is 3.69. The van der Waals surface area contributed by atoms with Crippen molar-refractivity contribution >= 4 is 12.0 Å². The summed E-state index contributed by atoms with van der Waals surface area (Å²) in [6.45, 7) is 7.73. The number of carbonyl (C=O) groups is 1. The summed E-state index contributed by atoms with van der Waals surface area (Å²) in [5, 5.41) is 10.7. The number of rotatable bonds is 4. The molecule has 0 fully saturated rings.